The van der Waals surface area contributed by atoms with Crippen molar-refractivity contribution < 1.29 is 0 Å². The molecule has 1 aromatic heterocycles. The predicted molar refractivity (Wildman–Crippen MR) is 64.8 cm³/mol. The van der Waals surface area contributed by atoms with Gasteiger partial charge in [0.05, 0.1) is 11.9 Å². The van der Waals surface area contributed by atoms with Crippen LogP contribution in [0.1, 0.15) is 0 Å². The van der Waals surface area contributed by atoms with E-state index >= 15 is 0 Å². The highest BCUT2D eigenvalue weighted by molar-refractivity contribution is 5.72. The summed E-state index contributed by atoms with van der Waals surface area (Å²) < 4.78 is 0. The zero-order chi connectivity index (χ0) is 10.8. The number of hydrogen-bond acceptors (Lipinski definition) is 3. The Labute approximate surface area is 93.5 Å². The van der Waals surface area contributed by atoms with Crippen LogP contribution >= 0.6 is 0 Å². The van der Waals surface area contributed by atoms with Gasteiger partial charge in [-0.05, 0) is 23.4 Å². The fourth-order valence-electron chi connectivity index (χ4n) is 1.82. The quantitative estimate of drug-likeness (QED) is 0.618. The summed E-state index contributed by atoms with van der Waals surface area (Å²) in [6, 6.07) is 2.02. The van der Waals surface area contributed by atoms with Gasteiger partial charge in [0, 0.05) is 36.6 Å². The van der Waals surface area contributed by atoms with Crippen LogP contribution in [0.5, 0.6) is 0 Å². The minimum atomic E-state index is 0.864. The van der Waals surface area contributed by atoms with Crippen LogP contribution in [0, 0.1) is 0 Å². The molecule has 0 amide bonds. The van der Waals surface area contributed by atoms with Crippen molar-refractivity contribution in [2.45, 2.75) is 0 Å². The van der Waals surface area contributed by atoms with E-state index in [2.05, 4.69) is 33.2 Å². The maximum Gasteiger partial charge on any atom is 0.0601 e. The van der Waals surface area contributed by atoms with Crippen molar-refractivity contribution in [1.82, 2.24) is 9.88 Å². The van der Waals surface area contributed by atoms with E-state index in [4.69, 9.17) is 0 Å². The fraction of sp³-hybridized carbons (Fsp3) is 0.0769. The predicted octanol–water partition coefficient (Wildman–Crippen LogP) is 0.398. The first kappa shape index (κ1) is 9.09. The van der Waals surface area contributed by atoms with Gasteiger partial charge >= 0.3 is 0 Å². The third kappa shape index (κ3) is 1.56. The molecule has 1 aromatic rings. The lowest BCUT2D eigenvalue weighted by Crippen LogP contribution is -2.34. The van der Waals surface area contributed by atoms with Crippen LogP contribution in [0.15, 0.2) is 47.5 Å². The molecular formula is C13H11N3. The van der Waals surface area contributed by atoms with Gasteiger partial charge < -0.3 is 4.90 Å². The molecule has 16 heavy (non-hydrogen) atoms. The molecule has 0 aliphatic carbocycles. The van der Waals surface area contributed by atoms with Crippen LogP contribution in [-0.4, -0.2) is 22.6 Å². The molecule has 0 saturated carbocycles. The van der Waals surface area contributed by atoms with E-state index in [0.717, 1.165) is 17.5 Å². The van der Waals surface area contributed by atoms with Gasteiger partial charge in [0.15, 0.2) is 0 Å². The van der Waals surface area contributed by atoms with Crippen molar-refractivity contribution >= 4 is 18.5 Å². The van der Waals surface area contributed by atoms with Gasteiger partial charge in [-0.15, -0.1) is 0 Å². The Morgan fingerprint density at radius 2 is 2.25 bits per heavy atom. The highest BCUT2D eigenvalue weighted by Gasteiger charge is 2.07. The maximum absolute atomic E-state index is 4.21. The van der Waals surface area contributed by atoms with Crippen LogP contribution in [0.25, 0.3) is 12.3 Å². The number of allylic oxidation sites excluding steroid dienone is 2. The van der Waals surface area contributed by atoms with Crippen LogP contribution < -0.4 is 10.4 Å². The molecule has 3 rings (SSSR count). The van der Waals surface area contributed by atoms with Gasteiger partial charge in [0.1, 0.15) is 0 Å². The second-order valence-corrected chi connectivity index (χ2v) is 3.71. The van der Waals surface area contributed by atoms with E-state index in [1.54, 1.807) is 6.21 Å². The van der Waals surface area contributed by atoms with Crippen LogP contribution in [0.4, 0.5) is 0 Å². The molecule has 0 bridgehead atoms. The molecule has 0 fully saturated rings. The van der Waals surface area contributed by atoms with Crippen molar-refractivity contribution in [3.05, 3.63) is 52.9 Å². The average Bonchev–Trinajstić information content (AvgIpc) is 2.29. The van der Waals surface area contributed by atoms with Gasteiger partial charge in [0.2, 0.25) is 0 Å². The van der Waals surface area contributed by atoms with E-state index in [9.17, 15) is 0 Å². The number of aromatic nitrogens is 1. The SMILES string of the molecule is C1=CCN2C=c3cnccc3=CC2=CN=C1. The molecule has 3 nitrogen and oxygen atoms in total. The summed E-state index contributed by atoms with van der Waals surface area (Å²) in [6.45, 7) is 0.864. The first-order valence-corrected chi connectivity index (χ1v) is 5.22. The molecule has 0 radical (unpaired) electrons. The smallest absolute Gasteiger partial charge is 0.0601 e. The number of aliphatic imine (C=N–C) groups is 1. The van der Waals surface area contributed by atoms with E-state index < -0.39 is 0 Å². The molecule has 0 N–H and O–H groups in total. The molecule has 0 atom stereocenters. The number of pyridine rings is 1. The average molecular weight is 209 g/mol. The molecule has 0 unspecified atom stereocenters. The summed E-state index contributed by atoms with van der Waals surface area (Å²) in [5, 5.41) is 2.34. The summed E-state index contributed by atoms with van der Waals surface area (Å²) in [5.41, 5.74) is 1.11. The zero-order valence-corrected chi connectivity index (χ0v) is 8.74. The van der Waals surface area contributed by atoms with E-state index in [-0.39, 0.29) is 0 Å². The molecule has 3 heterocycles. The Kier molecular flexibility index (Phi) is 2.14. The highest BCUT2D eigenvalue weighted by atomic mass is 15.1. The second-order valence-electron chi connectivity index (χ2n) is 3.71. The largest absolute Gasteiger partial charge is 0.342 e. The van der Waals surface area contributed by atoms with Gasteiger partial charge in [-0.2, -0.15) is 0 Å². The van der Waals surface area contributed by atoms with Crippen molar-refractivity contribution in [1.29, 1.82) is 0 Å². The normalized spacial score (nSPS) is 17.2. The first-order chi connectivity index (χ1) is 7.93. The van der Waals surface area contributed by atoms with Gasteiger partial charge in [-0.25, -0.2) is 0 Å². The second kappa shape index (κ2) is 3.77. The van der Waals surface area contributed by atoms with Crippen molar-refractivity contribution in [2.75, 3.05) is 6.54 Å². The lowest BCUT2D eigenvalue weighted by molar-refractivity contribution is 0.580. The minimum Gasteiger partial charge on any atom is -0.342 e. The maximum atomic E-state index is 4.21. The first-order valence-electron chi connectivity index (χ1n) is 5.22. The molecule has 2 aliphatic heterocycles. The van der Waals surface area contributed by atoms with Gasteiger partial charge in [-0.1, -0.05) is 6.08 Å². The van der Waals surface area contributed by atoms with Crippen molar-refractivity contribution in [2.24, 2.45) is 4.99 Å². The summed E-state index contributed by atoms with van der Waals surface area (Å²) in [7, 11) is 0. The Bertz CT molecular complexity index is 608. The van der Waals surface area contributed by atoms with Crippen molar-refractivity contribution in [3.63, 3.8) is 0 Å². The van der Waals surface area contributed by atoms with Crippen LogP contribution in [-0.2, 0) is 0 Å². The van der Waals surface area contributed by atoms with Gasteiger partial charge in [0.25, 0.3) is 0 Å². The Morgan fingerprint density at radius 3 is 3.25 bits per heavy atom. The van der Waals surface area contributed by atoms with E-state index in [0.29, 0.717) is 0 Å². The van der Waals surface area contributed by atoms with Gasteiger partial charge in [-0.3, -0.25) is 9.98 Å². The monoisotopic (exact) mass is 209 g/mol. The Balaban J connectivity index is 2.21. The standard InChI is InChI=1S/C13H11N3/c1-2-6-16-10-12-8-15-5-3-11(12)7-13(16)9-14-4-1/h1-5,7-10H,6H2. The number of nitrogens with zero attached hydrogens (tertiary/aromatic N) is 3. The molecule has 78 valence electrons. The van der Waals surface area contributed by atoms with E-state index in [1.165, 1.54) is 5.22 Å². The molecule has 0 aromatic carbocycles. The summed E-state index contributed by atoms with van der Waals surface area (Å²) in [6.07, 6.45) is 15.7. The lowest BCUT2D eigenvalue weighted by atomic mass is 10.2. The number of hydrogen-bond donors (Lipinski definition) is 0. The summed E-state index contributed by atoms with van der Waals surface area (Å²) in [5.74, 6) is 0. The highest BCUT2D eigenvalue weighted by Crippen LogP contribution is 2.10. The molecule has 0 spiro atoms. The van der Waals surface area contributed by atoms with Crippen molar-refractivity contribution in [3.8, 4) is 0 Å². The Morgan fingerprint density at radius 1 is 1.25 bits per heavy atom. The minimum absolute atomic E-state index is 0.864. The summed E-state index contributed by atoms with van der Waals surface area (Å²) >= 11 is 0. The Hall–Kier alpha value is -2.16. The van der Waals surface area contributed by atoms with E-state index in [1.807, 2.05) is 30.7 Å². The third-order valence-corrected chi connectivity index (χ3v) is 2.63. The zero-order valence-electron chi connectivity index (χ0n) is 8.74. The topological polar surface area (TPSA) is 28.5 Å². The number of fused-ring (bicyclic) bond motifs is 2. The fourth-order valence-corrected chi connectivity index (χ4v) is 1.82. The molecular weight excluding hydrogens is 198 g/mol. The number of rotatable bonds is 0. The molecule has 2 aliphatic rings. The third-order valence-electron chi connectivity index (χ3n) is 2.63. The summed E-state index contributed by atoms with van der Waals surface area (Å²) in [4.78, 5) is 10.5. The van der Waals surface area contributed by atoms with Crippen LogP contribution in [0.2, 0.25) is 0 Å². The molecule has 0 saturated heterocycles. The molecule has 3 heteroatoms. The van der Waals surface area contributed by atoms with Crippen LogP contribution in [0.3, 0.4) is 0 Å². The lowest BCUT2D eigenvalue weighted by Gasteiger charge is -2.22.